The highest BCUT2D eigenvalue weighted by atomic mass is 16.5. The lowest BCUT2D eigenvalue weighted by molar-refractivity contribution is 0.0630. The Hall–Kier alpha value is -4.89. The summed E-state index contributed by atoms with van der Waals surface area (Å²) < 4.78 is 11.6. The quantitative estimate of drug-likeness (QED) is 0.282. The second kappa shape index (κ2) is 9.54. The first-order valence-corrected chi connectivity index (χ1v) is 11.0. The fourth-order valence-electron chi connectivity index (χ4n) is 3.65. The van der Waals surface area contributed by atoms with Crippen LogP contribution in [0, 0.1) is 11.8 Å². The van der Waals surface area contributed by atoms with Crippen LogP contribution < -0.4 is 9.47 Å². The van der Waals surface area contributed by atoms with Crippen LogP contribution in [-0.4, -0.2) is 27.7 Å². The Labute approximate surface area is 202 Å². The molecule has 0 radical (unpaired) electrons. The van der Waals surface area contributed by atoms with Crippen molar-refractivity contribution >= 4 is 11.8 Å². The van der Waals surface area contributed by atoms with Crippen molar-refractivity contribution in [3.05, 3.63) is 114 Å². The number of ether oxygens (including phenoxy) is 2. The Bertz CT molecular complexity index is 1400. The van der Waals surface area contributed by atoms with Crippen LogP contribution in [0.5, 0.6) is 23.1 Å². The summed E-state index contributed by atoms with van der Waals surface area (Å²) in [5.41, 5.74) is 1.47. The maximum atomic E-state index is 12.6. The van der Waals surface area contributed by atoms with Gasteiger partial charge in [-0.25, -0.2) is 4.98 Å². The summed E-state index contributed by atoms with van der Waals surface area (Å²) in [5, 5.41) is 0. The van der Waals surface area contributed by atoms with Gasteiger partial charge >= 0.3 is 0 Å². The Morgan fingerprint density at radius 3 is 1.89 bits per heavy atom. The van der Waals surface area contributed by atoms with Crippen molar-refractivity contribution < 1.29 is 19.1 Å². The van der Waals surface area contributed by atoms with Crippen molar-refractivity contribution in [3.8, 4) is 35.0 Å². The van der Waals surface area contributed by atoms with Gasteiger partial charge in [0.05, 0.1) is 17.2 Å². The van der Waals surface area contributed by atoms with E-state index in [4.69, 9.17) is 9.47 Å². The molecule has 3 aromatic carbocycles. The van der Waals surface area contributed by atoms with Crippen LogP contribution in [0.1, 0.15) is 33.2 Å². The number of rotatable bonds is 5. The van der Waals surface area contributed by atoms with E-state index in [1.807, 2.05) is 42.5 Å². The molecule has 0 spiro atoms. The third-order valence-corrected chi connectivity index (χ3v) is 5.40. The molecule has 0 saturated carbocycles. The second-order valence-electron chi connectivity index (χ2n) is 7.84. The van der Waals surface area contributed by atoms with E-state index in [1.54, 1.807) is 61.7 Å². The van der Waals surface area contributed by atoms with E-state index < -0.39 is 6.04 Å². The van der Waals surface area contributed by atoms with Gasteiger partial charge < -0.3 is 9.47 Å². The van der Waals surface area contributed by atoms with Gasteiger partial charge in [-0.2, -0.15) is 0 Å². The van der Waals surface area contributed by atoms with E-state index in [0.717, 1.165) is 5.75 Å². The number of aromatic nitrogens is 1. The molecule has 35 heavy (non-hydrogen) atoms. The molecular weight excluding hydrogens is 440 g/mol. The van der Waals surface area contributed by atoms with E-state index in [2.05, 4.69) is 16.8 Å². The number of nitrogens with zero attached hydrogens (tertiary/aromatic N) is 2. The molecule has 2 amide bonds. The zero-order valence-electron chi connectivity index (χ0n) is 18.8. The molecule has 1 unspecified atom stereocenters. The summed E-state index contributed by atoms with van der Waals surface area (Å²) >= 11 is 0. The van der Waals surface area contributed by atoms with Gasteiger partial charge in [0.2, 0.25) is 5.88 Å². The molecule has 0 aliphatic carbocycles. The second-order valence-corrected chi connectivity index (χ2v) is 7.84. The largest absolute Gasteiger partial charge is 0.457 e. The fourth-order valence-corrected chi connectivity index (χ4v) is 3.65. The minimum Gasteiger partial charge on any atom is -0.457 e. The molecule has 0 N–H and O–H groups in total. The van der Waals surface area contributed by atoms with Crippen LogP contribution in [0.25, 0.3) is 0 Å². The summed E-state index contributed by atoms with van der Waals surface area (Å²) in [4.78, 5) is 30.7. The molecular formula is C29H20N2O4. The van der Waals surface area contributed by atoms with Gasteiger partial charge in [-0.15, -0.1) is 0 Å². The number of amides is 2. The van der Waals surface area contributed by atoms with Gasteiger partial charge in [0.15, 0.2) is 0 Å². The first kappa shape index (κ1) is 21.9. The molecule has 6 nitrogen and oxygen atoms in total. The van der Waals surface area contributed by atoms with Crippen molar-refractivity contribution in [1.82, 2.24) is 9.88 Å². The zero-order chi connectivity index (χ0) is 24.2. The maximum Gasteiger partial charge on any atom is 0.262 e. The molecule has 0 saturated heterocycles. The van der Waals surface area contributed by atoms with E-state index in [9.17, 15) is 9.59 Å². The number of carbonyl (C=O) groups is 2. The highest BCUT2D eigenvalue weighted by Gasteiger charge is 2.37. The van der Waals surface area contributed by atoms with Gasteiger partial charge in [-0.05, 0) is 61.5 Å². The Balaban J connectivity index is 1.21. The van der Waals surface area contributed by atoms with Gasteiger partial charge in [0, 0.05) is 17.8 Å². The predicted molar refractivity (Wildman–Crippen MR) is 131 cm³/mol. The van der Waals surface area contributed by atoms with Crippen LogP contribution in [0.4, 0.5) is 0 Å². The normalized spacial score (nSPS) is 13.0. The van der Waals surface area contributed by atoms with Crippen molar-refractivity contribution in [2.45, 2.75) is 13.0 Å². The van der Waals surface area contributed by atoms with Gasteiger partial charge in [0.1, 0.15) is 17.2 Å². The molecule has 5 rings (SSSR count). The molecule has 2 heterocycles. The Morgan fingerprint density at radius 1 is 0.714 bits per heavy atom. The van der Waals surface area contributed by atoms with Gasteiger partial charge in [0.25, 0.3) is 11.8 Å². The number of pyridine rings is 1. The van der Waals surface area contributed by atoms with E-state index >= 15 is 0 Å². The number of hydrogen-bond donors (Lipinski definition) is 0. The monoisotopic (exact) mass is 460 g/mol. The summed E-state index contributed by atoms with van der Waals surface area (Å²) in [5.74, 6) is 7.81. The standard InChI is InChI=1S/C29H20N2O4/c1-20(31-28(32)25-9-5-6-10-26(25)29(31)33)11-12-21-13-18-27(30-19-21)35-24-16-14-23(15-17-24)34-22-7-3-2-4-8-22/h2-10,13-20H,1H3. The Kier molecular flexibility index (Phi) is 5.98. The molecule has 4 aromatic rings. The van der Waals surface area contributed by atoms with Crippen molar-refractivity contribution in [2.75, 3.05) is 0 Å². The summed E-state index contributed by atoms with van der Waals surface area (Å²) in [6.07, 6.45) is 1.59. The fraction of sp³-hybridized carbons (Fsp3) is 0.0690. The van der Waals surface area contributed by atoms with Crippen LogP contribution in [-0.2, 0) is 0 Å². The molecule has 1 aliphatic heterocycles. The van der Waals surface area contributed by atoms with Crippen molar-refractivity contribution in [2.24, 2.45) is 0 Å². The number of fused-ring (bicyclic) bond motifs is 1. The van der Waals surface area contributed by atoms with Crippen LogP contribution in [0.3, 0.4) is 0 Å². The smallest absolute Gasteiger partial charge is 0.262 e. The maximum absolute atomic E-state index is 12.6. The molecule has 170 valence electrons. The summed E-state index contributed by atoms with van der Waals surface area (Å²) in [6, 6.07) is 26.5. The molecule has 1 atom stereocenters. The number of carbonyl (C=O) groups excluding carboxylic acids is 2. The minimum absolute atomic E-state index is 0.325. The number of hydrogen-bond acceptors (Lipinski definition) is 5. The average molecular weight is 460 g/mol. The first-order chi connectivity index (χ1) is 17.1. The highest BCUT2D eigenvalue weighted by molar-refractivity contribution is 6.21. The van der Waals surface area contributed by atoms with Crippen molar-refractivity contribution in [1.29, 1.82) is 0 Å². The zero-order valence-corrected chi connectivity index (χ0v) is 18.8. The lowest BCUT2D eigenvalue weighted by Gasteiger charge is -2.17. The topological polar surface area (TPSA) is 68.7 Å². The lowest BCUT2D eigenvalue weighted by Crippen LogP contribution is -2.37. The number of imide groups is 1. The minimum atomic E-state index is -0.574. The molecule has 1 aromatic heterocycles. The van der Waals surface area contributed by atoms with E-state index in [1.165, 1.54) is 4.90 Å². The summed E-state index contributed by atoms with van der Waals surface area (Å²) in [6.45, 7) is 1.73. The first-order valence-electron chi connectivity index (χ1n) is 11.0. The average Bonchev–Trinajstić information content (AvgIpc) is 3.15. The third kappa shape index (κ3) is 4.75. The SMILES string of the molecule is CC(C#Cc1ccc(Oc2ccc(Oc3ccccc3)cc2)nc1)N1C(=O)c2ccccc2C1=O. The van der Waals surface area contributed by atoms with E-state index in [-0.39, 0.29) is 11.8 Å². The predicted octanol–water partition coefficient (Wildman–Crippen LogP) is 5.70. The van der Waals surface area contributed by atoms with E-state index in [0.29, 0.717) is 34.1 Å². The Morgan fingerprint density at radius 2 is 1.29 bits per heavy atom. The lowest BCUT2D eigenvalue weighted by atomic mass is 10.1. The van der Waals surface area contributed by atoms with Gasteiger partial charge in [-0.3, -0.25) is 14.5 Å². The highest BCUT2D eigenvalue weighted by Crippen LogP contribution is 2.26. The number of para-hydroxylation sites is 1. The molecule has 0 bridgehead atoms. The van der Waals surface area contributed by atoms with Crippen molar-refractivity contribution in [3.63, 3.8) is 0 Å². The van der Waals surface area contributed by atoms with Crippen LogP contribution in [0.15, 0.2) is 97.2 Å². The van der Waals surface area contributed by atoms with Crippen LogP contribution >= 0.6 is 0 Å². The summed E-state index contributed by atoms with van der Waals surface area (Å²) in [7, 11) is 0. The molecule has 6 heteroatoms. The third-order valence-electron chi connectivity index (χ3n) is 5.40. The van der Waals surface area contributed by atoms with Crippen LogP contribution in [0.2, 0.25) is 0 Å². The number of benzene rings is 3. The van der Waals surface area contributed by atoms with Gasteiger partial charge in [-0.1, -0.05) is 42.2 Å². The molecule has 0 fully saturated rings. The molecule has 1 aliphatic rings.